The highest BCUT2D eigenvalue weighted by Crippen LogP contribution is 2.42. The van der Waals surface area contributed by atoms with Gasteiger partial charge in [0, 0.05) is 16.1 Å². The molecule has 0 N–H and O–H groups in total. The van der Waals surface area contributed by atoms with Crippen molar-refractivity contribution in [3.63, 3.8) is 0 Å². The van der Waals surface area contributed by atoms with Gasteiger partial charge in [-0.3, -0.25) is 0 Å². The maximum absolute atomic E-state index is 6.21. The van der Waals surface area contributed by atoms with Gasteiger partial charge in [-0.2, -0.15) is 0 Å². The van der Waals surface area contributed by atoms with Crippen LogP contribution in [0, 0.1) is 0 Å². The van der Waals surface area contributed by atoms with Crippen molar-refractivity contribution in [1.29, 1.82) is 0 Å². The monoisotopic (exact) mass is 558 g/mol. The topological polar surface area (TPSA) is 82.7 Å². The molecule has 0 saturated carbocycles. The standard InChI is InChI=1S/C32H23ClN6O2/c33-26-16-8-7-14-24(26)18-35-41-20-27-36-32-29-28(22-10-3-1-4-11-22)30(23-12-5-2-6-13-23)38(19-25-15-9-17-40-25)31(29)34-21-39(32)37-27/h1-18,21H,19-20H2. The lowest BCUT2D eigenvalue weighted by atomic mass is 9.99. The van der Waals surface area contributed by atoms with Crippen LogP contribution in [0.3, 0.4) is 0 Å². The van der Waals surface area contributed by atoms with E-state index in [1.165, 1.54) is 0 Å². The van der Waals surface area contributed by atoms with Gasteiger partial charge in [-0.05, 0) is 29.3 Å². The van der Waals surface area contributed by atoms with Crippen molar-refractivity contribution in [2.75, 3.05) is 0 Å². The number of furan rings is 1. The summed E-state index contributed by atoms with van der Waals surface area (Å²) in [5.41, 5.74) is 6.38. The van der Waals surface area contributed by atoms with E-state index in [0.717, 1.165) is 44.7 Å². The molecule has 3 aromatic carbocycles. The van der Waals surface area contributed by atoms with E-state index in [4.69, 9.17) is 30.8 Å². The highest BCUT2D eigenvalue weighted by molar-refractivity contribution is 6.33. The molecule has 0 radical (unpaired) electrons. The number of nitrogens with zero attached hydrogens (tertiary/aromatic N) is 6. The molecular weight excluding hydrogens is 536 g/mol. The molecule has 0 amide bonds. The molecule has 7 aromatic rings. The first-order valence-corrected chi connectivity index (χ1v) is 13.4. The average Bonchev–Trinajstić information content (AvgIpc) is 3.75. The number of fused-ring (bicyclic) bond motifs is 3. The molecule has 0 atom stereocenters. The van der Waals surface area contributed by atoms with Gasteiger partial charge in [-0.1, -0.05) is 95.6 Å². The maximum Gasteiger partial charge on any atom is 0.192 e. The predicted octanol–water partition coefficient (Wildman–Crippen LogP) is 7.26. The van der Waals surface area contributed by atoms with Gasteiger partial charge in [0.1, 0.15) is 17.7 Å². The molecule has 9 heteroatoms. The van der Waals surface area contributed by atoms with Crippen LogP contribution in [0.5, 0.6) is 0 Å². The van der Waals surface area contributed by atoms with Gasteiger partial charge in [0.05, 0.1) is 30.1 Å². The van der Waals surface area contributed by atoms with E-state index < -0.39 is 0 Å². The summed E-state index contributed by atoms with van der Waals surface area (Å²) in [5.74, 6) is 1.31. The third kappa shape index (κ3) is 4.74. The average molecular weight is 559 g/mol. The van der Waals surface area contributed by atoms with Gasteiger partial charge in [-0.25, -0.2) is 14.5 Å². The van der Waals surface area contributed by atoms with Crippen LogP contribution in [-0.4, -0.2) is 30.4 Å². The fourth-order valence-corrected chi connectivity index (χ4v) is 5.19. The summed E-state index contributed by atoms with van der Waals surface area (Å²) < 4.78 is 9.63. The third-order valence-corrected chi connectivity index (χ3v) is 7.14. The first kappa shape index (κ1) is 24.8. The van der Waals surface area contributed by atoms with Crippen molar-refractivity contribution in [1.82, 2.24) is 24.1 Å². The Hall–Kier alpha value is -5.21. The van der Waals surface area contributed by atoms with E-state index in [2.05, 4.69) is 39.1 Å². The Morgan fingerprint density at radius 1 is 0.854 bits per heavy atom. The van der Waals surface area contributed by atoms with Crippen molar-refractivity contribution < 1.29 is 9.25 Å². The van der Waals surface area contributed by atoms with E-state index in [0.29, 0.717) is 23.0 Å². The first-order valence-electron chi connectivity index (χ1n) is 13.1. The normalized spacial score (nSPS) is 11.6. The Labute approximate surface area is 240 Å². The Kier molecular flexibility index (Phi) is 6.50. The van der Waals surface area contributed by atoms with E-state index in [9.17, 15) is 0 Å². The fourth-order valence-electron chi connectivity index (χ4n) is 5.00. The van der Waals surface area contributed by atoms with Crippen LogP contribution in [0.15, 0.2) is 119 Å². The summed E-state index contributed by atoms with van der Waals surface area (Å²) in [5, 5.41) is 10.2. The molecule has 0 aliphatic heterocycles. The molecule has 0 unspecified atom stereocenters. The number of hydrogen-bond donors (Lipinski definition) is 0. The molecule has 4 aromatic heterocycles. The number of benzene rings is 3. The minimum atomic E-state index is 0.0867. The summed E-state index contributed by atoms with van der Waals surface area (Å²) in [6, 6.07) is 31.9. The molecule has 0 aliphatic rings. The van der Waals surface area contributed by atoms with E-state index in [1.54, 1.807) is 29.4 Å². The Balaban J connectivity index is 1.38. The van der Waals surface area contributed by atoms with Crippen LogP contribution >= 0.6 is 11.6 Å². The van der Waals surface area contributed by atoms with Crippen LogP contribution in [0.25, 0.3) is 39.1 Å². The smallest absolute Gasteiger partial charge is 0.192 e. The zero-order chi connectivity index (χ0) is 27.6. The summed E-state index contributed by atoms with van der Waals surface area (Å²) in [6.45, 7) is 0.591. The van der Waals surface area contributed by atoms with Gasteiger partial charge in [-0.15, -0.1) is 5.10 Å². The molecule has 4 heterocycles. The zero-order valence-corrected chi connectivity index (χ0v) is 22.5. The largest absolute Gasteiger partial charge is 0.467 e. The lowest BCUT2D eigenvalue weighted by molar-refractivity contribution is 0.126. The minimum Gasteiger partial charge on any atom is -0.467 e. The minimum absolute atomic E-state index is 0.0867. The van der Waals surface area contributed by atoms with Crippen molar-refractivity contribution in [2.24, 2.45) is 5.16 Å². The fraction of sp³-hybridized carbons (Fsp3) is 0.0625. The van der Waals surface area contributed by atoms with Crippen LogP contribution < -0.4 is 0 Å². The molecule has 7 rings (SSSR count). The molecule has 0 fully saturated rings. The highest BCUT2D eigenvalue weighted by atomic mass is 35.5. The van der Waals surface area contributed by atoms with E-state index in [1.807, 2.05) is 66.7 Å². The summed E-state index contributed by atoms with van der Waals surface area (Å²) in [4.78, 5) is 15.3. The summed E-state index contributed by atoms with van der Waals surface area (Å²) in [7, 11) is 0. The van der Waals surface area contributed by atoms with Crippen LogP contribution in [0.1, 0.15) is 17.1 Å². The van der Waals surface area contributed by atoms with Crippen LogP contribution in [0.2, 0.25) is 5.02 Å². The molecule has 41 heavy (non-hydrogen) atoms. The van der Waals surface area contributed by atoms with Gasteiger partial charge >= 0.3 is 0 Å². The zero-order valence-electron chi connectivity index (χ0n) is 21.8. The molecular formula is C32H23ClN6O2. The Morgan fingerprint density at radius 2 is 1.61 bits per heavy atom. The van der Waals surface area contributed by atoms with Gasteiger partial charge in [0.2, 0.25) is 0 Å². The molecule has 0 bridgehead atoms. The predicted molar refractivity (Wildman–Crippen MR) is 159 cm³/mol. The third-order valence-electron chi connectivity index (χ3n) is 6.79. The second kappa shape index (κ2) is 10.7. The van der Waals surface area contributed by atoms with Crippen molar-refractivity contribution >= 4 is 34.5 Å². The number of oxime groups is 1. The summed E-state index contributed by atoms with van der Waals surface area (Å²) >= 11 is 6.21. The molecule has 200 valence electrons. The van der Waals surface area contributed by atoms with Crippen LogP contribution in [0.4, 0.5) is 0 Å². The van der Waals surface area contributed by atoms with Gasteiger partial charge in [0.25, 0.3) is 0 Å². The molecule has 0 aliphatic carbocycles. The molecule has 8 nitrogen and oxygen atoms in total. The number of rotatable bonds is 8. The molecule has 0 saturated heterocycles. The number of halogens is 1. The van der Waals surface area contributed by atoms with Gasteiger partial charge < -0.3 is 13.8 Å². The highest BCUT2D eigenvalue weighted by Gasteiger charge is 2.25. The maximum atomic E-state index is 6.21. The van der Waals surface area contributed by atoms with Gasteiger partial charge in [0.15, 0.2) is 18.1 Å². The number of hydrogen-bond acceptors (Lipinski definition) is 6. The van der Waals surface area contributed by atoms with Crippen molar-refractivity contribution in [3.05, 3.63) is 132 Å². The van der Waals surface area contributed by atoms with Crippen LogP contribution in [-0.2, 0) is 18.0 Å². The molecule has 0 spiro atoms. The van der Waals surface area contributed by atoms with E-state index >= 15 is 0 Å². The lowest BCUT2D eigenvalue weighted by Gasteiger charge is -2.11. The Morgan fingerprint density at radius 3 is 2.37 bits per heavy atom. The van der Waals surface area contributed by atoms with Crippen molar-refractivity contribution in [3.8, 4) is 22.4 Å². The Bertz CT molecular complexity index is 1980. The van der Waals surface area contributed by atoms with E-state index in [-0.39, 0.29) is 6.61 Å². The lowest BCUT2D eigenvalue weighted by Crippen LogP contribution is -2.03. The SMILES string of the molecule is Clc1ccccc1C=NOCc1nc2c3c(-c4ccccc4)c(-c4ccccc4)n(Cc4ccco4)c3ncn2n1. The second-order valence-corrected chi connectivity index (χ2v) is 9.80. The number of aromatic nitrogens is 5. The second-order valence-electron chi connectivity index (χ2n) is 9.39. The van der Waals surface area contributed by atoms with Crippen molar-refractivity contribution in [2.45, 2.75) is 13.2 Å². The quantitative estimate of drug-likeness (QED) is 0.145. The summed E-state index contributed by atoms with van der Waals surface area (Å²) in [6.07, 6.45) is 4.95. The first-order chi connectivity index (χ1) is 20.3.